The van der Waals surface area contributed by atoms with Gasteiger partial charge in [-0.05, 0) is 0 Å². The van der Waals surface area contributed by atoms with E-state index in [2.05, 4.69) is 15.3 Å². The van der Waals surface area contributed by atoms with Crippen LogP contribution >= 0.6 is 0 Å². The molecule has 13 heavy (non-hydrogen) atoms. The van der Waals surface area contributed by atoms with Gasteiger partial charge in [0.15, 0.2) is 11.5 Å². The lowest BCUT2D eigenvalue weighted by molar-refractivity contribution is 0.0996. The summed E-state index contributed by atoms with van der Waals surface area (Å²) in [6, 6.07) is 0. The molecule has 1 rings (SSSR count). The fourth-order valence-electron chi connectivity index (χ4n) is 0.822. The number of carbonyl (C=O) groups is 1. The van der Waals surface area contributed by atoms with E-state index in [0.29, 0.717) is 12.4 Å². The molecule has 70 valence electrons. The molecule has 4 N–H and O–H groups in total. The van der Waals surface area contributed by atoms with Crippen molar-refractivity contribution < 1.29 is 9.90 Å². The largest absolute Gasteiger partial charge is 0.395 e. The second kappa shape index (κ2) is 4.36. The van der Waals surface area contributed by atoms with E-state index in [0.717, 1.165) is 0 Å². The average Bonchev–Trinajstić information content (AvgIpc) is 2.15. The lowest BCUT2D eigenvalue weighted by Crippen LogP contribution is -2.18. The number of amides is 1. The van der Waals surface area contributed by atoms with Crippen molar-refractivity contribution in [3.05, 3.63) is 18.1 Å². The van der Waals surface area contributed by atoms with Crippen molar-refractivity contribution in [3.63, 3.8) is 0 Å². The van der Waals surface area contributed by atoms with E-state index in [1.54, 1.807) is 0 Å². The predicted molar refractivity (Wildman–Crippen MR) is 46.1 cm³/mol. The third kappa shape index (κ3) is 2.38. The number of primary amides is 1. The number of anilines is 1. The number of carbonyl (C=O) groups excluding carboxylic acids is 1. The molecule has 0 fully saturated rings. The molecule has 0 saturated heterocycles. The van der Waals surface area contributed by atoms with Gasteiger partial charge in [-0.3, -0.25) is 4.79 Å². The molecule has 0 saturated carbocycles. The van der Waals surface area contributed by atoms with Gasteiger partial charge in [0.05, 0.1) is 6.61 Å². The highest BCUT2D eigenvalue weighted by atomic mass is 16.3. The second-order valence-corrected chi connectivity index (χ2v) is 2.27. The maximum Gasteiger partial charge on any atom is 0.271 e. The minimum atomic E-state index is -0.645. The van der Waals surface area contributed by atoms with Gasteiger partial charge in [-0.2, -0.15) is 0 Å². The van der Waals surface area contributed by atoms with Gasteiger partial charge in [-0.1, -0.05) is 0 Å². The van der Waals surface area contributed by atoms with Gasteiger partial charge in [0.2, 0.25) is 0 Å². The van der Waals surface area contributed by atoms with Crippen LogP contribution in [0.3, 0.4) is 0 Å². The molecule has 0 aromatic carbocycles. The zero-order valence-electron chi connectivity index (χ0n) is 6.90. The Labute approximate surface area is 74.8 Å². The van der Waals surface area contributed by atoms with Crippen LogP contribution in [-0.2, 0) is 0 Å². The highest BCUT2D eigenvalue weighted by molar-refractivity contribution is 5.95. The molecule has 1 amide bonds. The number of nitrogens with one attached hydrogen (secondary N) is 1. The summed E-state index contributed by atoms with van der Waals surface area (Å²) in [6.07, 6.45) is 2.82. The second-order valence-electron chi connectivity index (χ2n) is 2.27. The van der Waals surface area contributed by atoms with Crippen LogP contribution in [-0.4, -0.2) is 34.1 Å². The number of nitrogens with zero attached hydrogens (tertiary/aromatic N) is 2. The van der Waals surface area contributed by atoms with E-state index >= 15 is 0 Å². The molecule has 0 spiro atoms. The number of aliphatic hydroxyl groups is 1. The summed E-state index contributed by atoms with van der Waals surface area (Å²) in [7, 11) is 0. The summed E-state index contributed by atoms with van der Waals surface area (Å²) < 4.78 is 0. The van der Waals surface area contributed by atoms with Gasteiger partial charge in [0.1, 0.15) is 0 Å². The first-order valence-corrected chi connectivity index (χ1v) is 3.71. The van der Waals surface area contributed by atoms with Gasteiger partial charge in [0, 0.05) is 18.9 Å². The molecule has 6 nitrogen and oxygen atoms in total. The molecular formula is C7H10N4O2. The minimum absolute atomic E-state index is 0.0468. The first-order valence-electron chi connectivity index (χ1n) is 3.71. The van der Waals surface area contributed by atoms with Crippen LogP contribution in [0, 0.1) is 0 Å². The summed E-state index contributed by atoms with van der Waals surface area (Å²) >= 11 is 0. The summed E-state index contributed by atoms with van der Waals surface area (Å²) in [5.74, 6) is -0.349. The van der Waals surface area contributed by atoms with Crippen LogP contribution < -0.4 is 11.1 Å². The van der Waals surface area contributed by atoms with E-state index < -0.39 is 5.91 Å². The van der Waals surface area contributed by atoms with Crippen molar-refractivity contribution >= 4 is 11.7 Å². The third-order valence-corrected chi connectivity index (χ3v) is 1.34. The van der Waals surface area contributed by atoms with E-state index in [-0.39, 0.29) is 12.3 Å². The van der Waals surface area contributed by atoms with Gasteiger partial charge in [0.25, 0.3) is 5.91 Å². The van der Waals surface area contributed by atoms with Crippen LogP contribution in [0.15, 0.2) is 12.4 Å². The molecule has 1 aromatic heterocycles. The minimum Gasteiger partial charge on any atom is -0.395 e. The Bertz CT molecular complexity index is 302. The Morgan fingerprint density at radius 2 is 2.23 bits per heavy atom. The first-order chi connectivity index (χ1) is 6.25. The van der Waals surface area contributed by atoms with Crippen LogP contribution in [0.25, 0.3) is 0 Å². The van der Waals surface area contributed by atoms with E-state index in [1.165, 1.54) is 12.4 Å². The first kappa shape index (κ1) is 9.40. The van der Waals surface area contributed by atoms with Crippen LogP contribution in [0.4, 0.5) is 5.82 Å². The highest BCUT2D eigenvalue weighted by Crippen LogP contribution is 2.05. The van der Waals surface area contributed by atoms with Crippen molar-refractivity contribution in [1.29, 1.82) is 0 Å². The Kier molecular flexibility index (Phi) is 3.15. The van der Waals surface area contributed by atoms with Crippen LogP contribution in [0.5, 0.6) is 0 Å². The normalized spacial score (nSPS) is 9.62. The van der Waals surface area contributed by atoms with Crippen molar-refractivity contribution in [2.24, 2.45) is 5.73 Å². The Hall–Kier alpha value is -1.69. The fraction of sp³-hybridized carbons (Fsp3) is 0.286. The number of rotatable bonds is 4. The monoisotopic (exact) mass is 182 g/mol. The van der Waals surface area contributed by atoms with Crippen molar-refractivity contribution in [1.82, 2.24) is 9.97 Å². The van der Waals surface area contributed by atoms with E-state index in [4.69, 9.17) is 10.8 Å². The smallest absolute Gasteiger partial charge is 0.271 e. The zero-order valence-corrected chi connectivity index (χ0v) is 6.90. The lowest BCUT2D eigenvalue weighted by Gasteiger charge is -2.05. The van der Waals surface area contributed by atoms with Crippen molar-refractivity contribution in [2.45, 2.75) is 0 Å². The average molecular weight is 182 g/mol. The number of hydrogen-bond donors (Lipinski definition) is 3. The lowest BCUT2D eigenvalue weighted by atomic mass is 10.4. The maximum atomic E-state index is 10.8. The Balaban J connectivity index is 2.84. The van der Waals surface area contributed by atoms with Gasteiger partial charge in [-0.25, -0.2) is 9.97 Å². The Morgan fingerprint density at radius 1 is 1.54 bits per heavy atom. The summed E-state index contributed by atoms with van der Waals surface area (Å²) in [5, 5.41) is 11.3. The van der Waals surface area contributed by atoms with Crippen molar-refractivity contribution in [2.75, 3.05) is 18.5 Å². The van der Waals surface area contributed by atoms with Gasteiger partial charge in [-0.15, -0.1) is 0 Å². The SMILES string of the molecule is NC(=O)c1nccnc1NCCO. The molecule has 0 radical (unpaired) electrons. The zero-order chi connectivity index (χ0) is 9.68. The maximum absolute atomic E-state index is 10.8. The fourth-order valence-corrected chi connectivity index (χ4v) is 0.822. The highest BCUT2D eigenvalue weighted by Gasteiger charge is 2.08. The summed E-state index contributed by atoms with van der Waals surface area (Å²) in [6.45, 7) is 0.258. The topological polar surface area (TPSA) is 101 Å². The van der Waals surface area contributed by atoms with Gasteiger partial charge >= 0.3 is 0 Å². The molecular weight excluding hydrogens is 172 g/mol. The third-order valence-electron chi connectivity index (χ3n) is 1.34. The van der Waals surface area contributed by atoms with E-state index in [9.17, 15) is 4.79 Å². The van der Waals surface area contributed by atoms with E-state index in [1.807, 2.05) is 0 Å². The molecule has 0 atom stereocenters. The molecule has 0 aliphatic heterocycles. The van der Waals surface area contributed by atoms with Crippen LogP contribution in [0.1, 0.15) is 10.5 Å². The molecule has 0 bridgehead atoms. The number of aromatic nitrogens is 2. The molecule has 0 unspecified atom stereocenters. The molecule has 1 heterocycles. The summed E-state index contributed by atoms with van der Waals surface area (Å²) in [4.78, 5) is 18.4. The number of nitrogens with two attached hydrogens (primary N) is 1. The number of aliphatic hydroxyl groups excluding tert-OH is 1. The summed E-state index contributed by atoms with van der Waals surface area (Å²) in [5.41, 5.74) is 5.12. The Morgan fingerprint density at radius 3 is 2.85 bits per heavy atom. The molecule has 0 aliphatic rings. The van der Waals surface area contributed by atoms with Crippen molar-refractivity contribution in [3.8, 4) is 0 Å². The standard InChI is InChI=1S/C7H10N4O2/c8-6(13)5-7(11-3-4-12)10-2-1-9-5/h1-2,12H,3-4H2,(H2,8,13)(H,10,11). The molecule has 6 heteroatoms. The van der Waals surface area contributed by atoms with Crippen LogP contribution in [0.2, 0.25) is 0 Å². The number of hydrogen-bond acceptors (Lipinski definition) is 5. The predicted octanol–water partition coefficient (Wildman–Crippen LogP) is -1.02. The quantitative estimate of drug-likeness (QED) is 0.553. The molecule has 1 aromatic rings. The van der Waals surface area contributed by atoms with Gasteiger partial charge < -0.3 is 16.2 Å². The molecule has 0 aliphatic carbocycles.